The number of halogens is 1. The number of amides is 1. The molecule has 94 valence electrons. The van der Waals surface area contributed by atoms with E-state index in [2.05, 4.69) is 29.7 Å². The van der Waals surface area contributed by atoms with Crippen LogP contribution in [0.2, 0.25) is 0 Å². The van der Waals surface area contributed by atoms with Gasteiger partial charge in [-0.05, 0) is 22.0 Å². The number of nitrogens with zero attached hydrogens (tertiary/aromatic N) is 3. The Hall–Kier alpha value is -1.39. The zero-order valence-corrected chi connectivity index (χ0v) is 11.8. The molecule has 0 atom stereocenters. The highest BCUT2D eigenvalue weighted by Gasteiger charge is 2.20. The minimum Gasteiger partial charge on any atom is -0.266 e. The Kier molecular flexibility index (Phi) is 3.68. The quantitative estimate of drug-likeness (QED) is 0.880. The zero-order valence-electron chi connectivity index (χ0n) is 8.57. The Morgan fingerprint density at radius 2 is 2.11 bits per heavy atom. The third-order valence-corrected chi connectivity index (χ3v) is 4.02. The molecule has 1 amide bonds. The van der Waals surface area contributed by atoms with Gasteiger partial charge in [0.25, 0.3) is 15.9 Å². The SMILES string of the molecule is O=C(NS(=O)(=O)c1cncc(Br)c1)c1cnsn1. The van der Waals surface area contributed by atoms with E-state index < -0.39 is 15.9 Å². The van der Waals surface area contributed by atoms with Crippen molar-refractivity contribution in [2.24, 2.45) is 0 Å². The molecule has 0 aromatic carbocycles. The molecule has 0 saturated heterocycles. The molecule has 7 nitrogen and oxygen atoms in total. The van der Waals surface area contributed by atoms with Crippen molar-refractivity contribution in [2.75, 3.05) is 0 Å². The van der Waals surface area contributed by atoms with Crippen LogP contribution in [-0.2, 0) is 10.0 Å². The molecule has 0 bridgehead atoms. The fourth-order valence-electron chi connectivity index (χ4n) is 1.04. The Morgan fingerprint density at radius 3 is 2.72 bits per heavy atom. The van der Waals surface area contributed by atoms with Gasteiger partial charge in [-0.25, -0.2) is 13.1 Å². The first kappa shape index (κ1) is 13.1. The van der Waals surface area contributed by atoms with E-state index >= 15 is 0 Å². The Labute approximate surface area is 115 Å². The molecular weight excluding hydrogens is 344 g/mol. The van der Waals surface area contributed by atoms with Gasteiger partial charge < -0.3 is 0 Å². The summed E-state index contributed by atoms with van der Waals surface area (Å²) in [5.74, 6) is -0.830. The molecule has 1 N–H and O–H groups in total. The maximum Gasteiger partial charge on any atom is 0.286 e. The minimum absolute atomic E-state index is 0.0495. The summed E-state index contributed by atoms with van der Waals surface area (Å²) < 4.78 is 33.3. The maximum atomic E-state index is 11.9. The third kappa shape index (κ3) is 2.89. The molecule has 0 spiro atoms. The van der Waals surface area contributed by atoms with Crippen LogP contribution in [0.3, 0.4) is 0 Å². The second-order valence-electron chi connectivity index (χ2n) is 3.07. The van der Waals surface area contributed by atoms with Crippen LogP contribution in [0.15, 0.2) is 34.0 Å². The van der Waals surface area contributed by atoms with Gasteiger partial charge in [0, 0.05) is 16.9 Å². The second kappa shape index (κ2) is 5.08. The summed E-state index contributed by atoms with van der Waals surface area (Å²) in [5.41, 5.74) is -0.0495. The molecule has 0 aliphatic rings. The number of pyridine rings is 1. The molecule has 2 rings (SSSR count). The summed E-state index contributed by atoms with van der Waals surface area (Å²) in [4.78, 5) is 15.2. The molecular formula is C8H5BrN4O3S2. The van der Waals surface area contributed by atoms with Crippen LogP contribution in [0.1, 0.15) is 10.5 Å². The summed E-state index contributed by atoms with van der Waals surface area (Å²) in [6, 6.07) is 1.34. The van der Waals surface area contributed by atoms with Gasteiger partial charge in [0.05, 0.1) is 17.9 Å². The lowest BCUT2D eigenvalue weighted by molar-refractivity contribution is 0.0977. The number of sulfonamides is 1. The van der Waals surface area contributed by atoms with E-state index in [0.717, 1.165) is 17.9 Å². The highest BCUT2D eigenvalue weighted by molar-refractivity contribution is 9.10. The van der Waals surface area contributed by atoms with Gasteiger partial charge in [-0.3, -0.25) is 9.78 Å². The van der Waals surface area contributed by atoms with Gasteiger partial charge in [0.1, 0.15) is 4.90 Å². The molecule has 0 fully saturated rings. The molecule has 2 heterocycles. The van der Waals surface area contributed by atoms with Crippen molar-refractivity contribution >= 4 is 43.6 Å². The lowest BCUT2D eigenvalue weighted by Gasteiger charge is -2.04. The van der Waals surface area contributed by atoms with E-state index in [0.29, 0.717) is 4.47 Å². The first-order chi connectivity index (χ1) is 8.49. The van der Waals surface area contributed by atoms with Gasteiger partial charge in [-0.15, -0.1) is 0 Å². The highest BCUT2D eigenvalue weighted by atomic mass is 79.9. The van der Waals surface area contributed by atoms with Gasteiger partial charge in [0.2, 0.25) is 0 Å². The van der Waals surface area contributed by atoms with Gasteiger partial charge >= 0.3 is 0 Å². The monoisotopic (exact) mass is 348 g/mol. The van der Waals surface area contributed by atoms with E-state index in [-0.39, 0.29) is 10.6 Å². The summed E-state index contributed by atoms with van der Waals surface area (Å²) in [5, 5.41) is 0. The average molecular weight is 349 g/mol. The number of aromatic nitrogens is 3. The van der Waals surface area contributed by atoms with Crippen molar-refractivity contribution < 1.29 is 13.2 Å². The van der Waals surface area contributed by atoms with Crippen molar-refractivity contribution in [3.05, 3.63) is 34.8 Å². The van der Waals surface area contributed by atoms with Gasteiger partial charge in [0.15, 0.2) is 5.69 Å². The predicted molar refractivity (Wildman–Crippen MR) is 66.5 cm³/mol. The van der Waals surface area contributed by atoms with Crippen molar-refractivity contribution in [2.45, 2.75) is 4.90 Å². The summed E-state index contributed by atoms with van der Waals surface area (Å²) in [6.45, 7) is 0. The van der Waals surface area contributed by atoms with E-state index in [1.54, 1.807) is 0 Å². The molecule has 0 radical (unpaired) electrons. The first-order valence-electron chi connectivity index (χ1n) is 4.44. The van der Waals surface area contributed by atoms with Crippen LogP contribution >= 0.6 is 27.7 Å². The second-order valence-corrected chi connectivity index (χ2v) is 6.22. The number of hydrogen-bond acceptors (Lipinski definition) is 7. The predicted octanol–water partition coefficient (Wildman–Crippen LogP) is 0.814. The molecule has 0 saturated carbocycles. The molecule has 2 aromatic rings. The van der Waals surface area contributed by atoms with Crippen molar-refractivity contribution in [3.63, 3.8) is 0 Å². The smallest absolute Gasteiger partial charge is 0.266 e. The fourth-order valence-corrected chi connectivity index (χ4v) is 2.91. The molecule has 10 heteroatoms. The zero-order chi connectivity index (χ0) is 13.2. The van der Waals surface area contributed by atoms with Crippen molar-refractivity contribution in [1.82, 2.24) is 18.5 Å². The molecule has 0 aliphatic heterocycles. The van der Waals surface area contributed by atoms with Crippen LogP contribution in [-0.4, -0.2) is 28.1 Å². The molecule has 0 unspecified atom stereocenters. The van der Waals surface area contributed by atoms with Crippen LogP contribution in [0, 0.1) is 0 Å². The number of carbonyl (C=O) groups is 1. The van der Waals surface area contributed by atoms with Crippen LogP contribution in [0.25, 0.3) is 0 Å². The first-order valence-corrected chi connectivity index (χ1v) is 7.45. The summed E-state index contributed by atoms with van der Waals surface area (Å²) in [7, 11) is -3.96. The lowest BCUT2D eigenvalue weighted by Crippen LogP contribution is -2.30. The Balaban J connectivity index is 2.25. The summed E-state index contributed by atoms with van der Waals surface area (Å²) >= 11 is 3.92. The topological polar surface area (TPSA) is 102 Å². The van der Waals surface area contributed by atoms with Gasteiger partial charge in [-0.1, -0.05) is 0 Å². The number of hydrogen-bond donors (Lipinski definition) is 1. The Morgan fingerprint density at radius 1 is 1.33 bits per heavy atom. The molecule has 0 aliphatic carbocycles. The van der Waals surface area contributed by atoms with E-state index in [4.69, 9.17) is 0 Å². The number of carbonyl (C=O) groups excluding carboxylic acids is 1. The highest BCUT2D eigenvalue weighted by Crippen LogP contribution is 2.14. The van der Waals surface area contributed by atoms with Crippen molar-refractivity contribution in [3.8, 4) is 0 Å². The van der Waals surface area contributed by atoms with Crippen LogP contribution in [0.4, 0.5) is 0 Å². The normalized spacial score (nSPS) is 11.2. The standard InChI is InChI=1S/C8H5BrN4O3S2/c9-5-1-6(3-10-2-5)18(15,16)13-8(14)7-4-11-17-12-7/h1-4H,(H,13,14). The maximum absolute atomic E-state index is 11.9. The third-order valence-electron chi connectivity index (χ3n) is 1.81. The Bertz CT molecular complexity index is 671. The summed E-state index contributed by atoms with van der Waals surface area (Å²) in [6.07, 6.45) is 3.76. The largest absolute Gasteiger partial charge is 0.286 e. The minimum atomic E-state index is -3.96. The fraction of sp³-hybridized carbons (Fsp3) is 0. The van der Waals surface area contributed by atoms with E-state index in [1.807, 2.05) is 4.72 Å². The van der Waals surface area contributed by atoms with Gasteiger partial charge in [-0.2, -0.15) is 8.75 Å². The van der Waals surface area contributed by atoms with E-state index in [1.165, 1.54) is 18.5 Å². The molecule has 18 heavy (non-hydrogen) atoms. The number of rotatable bonds is 3. The molecule has 2 aromatic heterocycles. The van der Waals surface area contributed by atoms with Crippen molar-refractivity contribution in [1.29, 1.82) is 0 Å². The average Bonchev–Trinajstić information content (AvgIpc) is 2.82. The van der Waals surface area contributed by atoms with Crippen LogP contribution in [0.5, 0.6) is 0 Å². The lowest BCUT2D eigenvalue weighted by atomic mass is 10.5. The number of nitrogens with one attached hydrogen (secondary N) is 1. The van der Waals surface area contributed by atoms with E-state index in [9.17, 15) is 13.2 Å². The van der Waals surface area contributed by atoms with Crippen LogP contribution < -0.4 is 4.72 Å².